The zero-order valence-electron chi connectivity index (χ0n) is 18.9. The minimum Gasteiger partial charge on any atom is -0.454 e. The SMILES string of the molecule is NCC(Cc1c[nH]c2ccccc12)NC(=O)c1cc(-c2ccc3c(c2)OCO3)ccc1OC(F)(F)F. The zero-order valence-corrected chi connectivity index (χ0v) is 18.9. The monoisotopic (exact) mass is 497 g/mol. The van der Waals surface area contributed by atoms with E-state index in [1.807, 2.05) is 30.5 Å². The molecule has 1 aliphatic heterocycles. The lowest BCUT2D eigenvalue weighted by atomic mass is 10.0. The highest BCUT2D eigenvalue weighted by Crippen LogP contribution is 2.37. The molecule has 4 N–H and O–H groups in total. The summed E-state index contributed by atoms with van der Waals surface area (Å²) in [6.45, 7) is 0.171. The lowest BCUT2D eigenvalue weighted by Gasteiger charge is -2.19. The molecule has 1 unspecified atom stereocenters. The van der Waals surface area contributed by atoms with Gasteiger partial charge in [0.25, 0.3) is 5.91 Å². The van der Waals surface area contributed by atoms with Crippen LogP contribution in [0.3, 0.4) is 0 Å². The average molecular weight is 497 g/mol. The van der Waals surface area contributed by atoms with Gasteiger partial charge in [-0.1, -0.05) is 30.3 Å². The van der Waals surface area contributed by atoms with E-state index in [1.54, 1.807) is 18.2 Å². The maximum Gasteiger partial charge on any atom is 0.573 e. The molecule has 186 valence electrons. The van der Waals surface area contributed by atoms with Crippen LogP contribution < -0.4 is 25.3 Å². The lowest BCUT2D eigenvalue weighted by molar-refractivity contribution is -0.274. The number of hydrogen-bond donors (Lipinski definition) is 3. The Bertz CT molecular complexity index is 1420. The van der Waals surface area contributed by atoms with Crippen molar-refractivity contribution in [1.29, 1.82) is 0 Å². The van der Waals surface area contributed by atoms with E-state index in [2.05, 4.69) is 15.0 Å². The molecule has 0 aliphatic carbocycles. The summed E-state index contributed by atoms with van der Waals surface area (Å²) in [5.41, 5.74) is 8.66. The summed E-state index contributed by atoms with van der Waals surface area (Å²) in [6, 6.07) is 16.2. The molecule has 0 saturated carbocycles. The van der Waals surface area contributed by atoms with Crippen molar-refractivity contribution in [3.63, 3.8) is 0 Å². The molecule has 7 nitrogen and oxygen atoms in total. The van der Waals surface area contributed by atoms with E-state index in [9.17, 15) is 18.0 Å². The Morgan fingerprint density at radius 1 is 1.06 bits per heavy atom. The van der Waals surface area contributed by atoms with Gasteiger partial charge in [0, 0.05) is 29.7 Å². The van der Waals surface area contributed by atoms with Crippen molar-refractivity contribution in [2.45, 2.75) is 18.8 Å². The van der Waals surface area contributed by atoms with Gasteiger partial charge in [0.2, 0.25) is 6.79 Å². The van der Waals surface area contributed by atoms with Gasteiger partial charge in [0.05, 0.1) is 5.56 Å². The van der Waals surface area contributed by atoms with E-state index in [0.29, 0.717) is 29.0 Å². The fourth-order valence-electron chi connectivity index (χ4n) is 4.20. The van der Waals surface area contributed by atoms with Crippen molar-refractivity contribution in [2.24, 2.45) is 5.73 Å². The number of alkyl halides is 3. The molecule has 2 heterocycles. The van der Waals surface area contributed by atoms with E-state index < -0.39 is 24.1 Å². The third kappa shape index (κ3) is 4.94. The molecule has 0 fully saturated rings. The summed E-state index contributed by atoms with van der Waals surface area (Å²) in [7, 11) is 0. The number of hydrogen-bond acceptors (Lipinski definition) is 5. The third-order valence-corrected chi connectivity index (χ3v) is 5.92. The number of fused-ring (bicyclic) bond motifs is 2. The number of nitrogens with one attached hydrogen (secondary N) is 2. The number of halogens is 3. The van der Waals surface area contributed by atoms with Crippen molar-refractivity contribution in [1.82, 2.24) is 10.3 Å². The van der Waals surface area contributed by atoms with E-state index in [1.165, 1.54) is 12.1 Å². The average Bonchev–Trinajstić information content (AvgIpc) is 3.49. The molecule has 4 aromatic rings. The standard InChI is InChI=1S/C26H22F3N3O4/c27-26(28,29)36-22-7-5-15(16-6-8-23-24(11-16)35-14-34-23)10-20(22)25(33)32-18(12-30)9-17-13-31-21-4-2-1-3-19(17)21/h1-8,10-11,13,18,31H,9,12,14,30H2,(H,32,33). The highest BCUT2D eigenvalue weighted by molar-refractivity contribution is 5.98. The molecule has 0 saturated heterocycles. The highest BCUT2D eigenvalue weighted by atomic mass is 19.4. The first-order valence-corrected chi connectivity index (χ1v) is 11.2. The summed E-state index contributed by atoms with van der Waals surface area (Å²) in [4.78, 5) is 16.4. The fourth-order valence-corrected chi connectivity index (χ4v) is 4.20. The summed E-state index contributed by atoms with van der Waals surface area (Å²) in [5, 5.41) is 3.75. The molecule has 1 aromatic heterocycles. The quantitative estimate of drug-likeness (QED) is 0.342. The van der Waals surface area contributed by atoms with Gasteiger partial charge in [-0.05, 0) is 53.4 Å². The minimum atomic E-state index is -4.97. The van der Waals surface area contributed by atoms with Gasteiger partial charge in [-0.25, -0.2) is 0 Å². The Morgan fingerprint density at radius 2 is 1.81 bits per heavy atom. The Hall–Kier alpha value is -4.18. The number of amides is 1. The van der Waals surface area contributed by atoms with Crippen LogP contribution in [0.4, 0.5) is 13.2 Å². The van der Waals surface area contributed by atoms with Crippen LogP contribution in [0, 0.1) is 0 Å². The molecule has 36 heavy (non-hydrogen) atoms. The first kappa shape index (κ1) is 23.6. The maximum atomic E-state index is 13.2. The summed E-state index contributed by atoms with van der Waals surface area (Å²) < 4.78 is 54.1. The maximum absolute atomic E-state index is 13.2. The molecule has 1 aliphatic rings. The number of carbonyl (C=O) groups excluding carboxylic acids is 1. The molecule has 3 aromatic carbocycles. The molecular weight excluding hydrogens is 475 g/mol. The first-order valence-electron chi connectivity index (χ1n) is 11.2. The number of H-pyrrole nitrogens is 1. The van der Waals surface area contributed by atoms with Gasteiger partial charge in [-0.15, -0.1) is 13.2 Å². The predicted molar refractivity (Wildman–Crippen MR) is 127 cm³/mol. The number of ether oxygens (including phenoxy) is 3. The minimum absolute atomic E-state index is 0.0850. The topological polar surface area (TPSA) is 98.6 Å². The Kier molecular flexibility index (Phi) is 6.19. The van der Waals surface area contributed by atoms with Crippen LogP contribution in [-0.4, -0.2) is 36.6 Å². The highest BCUT2D eigenvalue weighted by Gasteiger charge is 2.33. The van der Waals surface area contributed by atoms with E-state index >= 15 is 0 Å². The predicted octanol–water partition coefficient (Wildman–Crippen LogP) is 4.76. The Morgan fingerprint density at radius 3 is 2.61 bits per heavy atom. The summed E-state index contributed by atoms with van der Waals surface area (Å²) in [6.07, 6.45) is -2.74. The van der Waals surface area contributed by atoms with Crippen molar-refractivity contribution >= 4 is 16.8 Å². The Balaban J connectivity index is 1.43. The number of rotatable bonds is 7. The van der Waals surface area contributed by atoms with Gasteiger partial charge in [-0.3, -0.25) is 4.79 Å². The number of carbonyl (C=O) groups is 1. The molecule has 0 radical (unpaired) electrons. The van der Waals surface area contributed by atoms with E-state index in [-0.39, 0.29) is 18.9 Å². The van der Waals surface area contributed by atoms with Crippen molar-refractivity contribution in [3.05, 3.63) is 78.0 Å². The fraction of sp³-hybridized carbons (Fsp3) is 0.192. The van der Waals surface area contributed by atoms with E-state index in [4.69, 9.17) is 15.2 Å². The number of benzene rings is 3. The molecule has 1 amide bonds. The van der Waals surface area contributed by atoms with Gasteiger partial charge >= 0.3 is 6.36 Å². The van der Waals surface area contributed by atoms with Gasteiger partial charge in [0.15, 0.2) is 11.5 Å². The van der Waals surface area contributed by atoms with Gasteiger partial charge in [0.1, 0.15) is 5.75 Å². The summed E-state index contributed by atoms with van der Waals surface area (Å²) >= 11 is 0. The molecule has 5 rings (SSSR count). The van der Waals surface area contributed by atoms with E-state index in [0.717, 1.165) is 22.5 Å². The van der Waals surface area contributed by atoms with Crippen LogP contribution in [0.15, 0.2) is 66.9 Å². The van der Waals surface area contributed by atoms with Gasteiger partial charge < -0.3 is 30.2 Å². The van der Waals surface area contributed by atoms with Crippen molar-refractivity contribution in [2.75, 3.05) is 13.3 Å². The lowest BCUT2D eigenvalue weighted by Crippen LogP contribution is -2.42. The number of aromatic nitrogens is 1. The van der Waals surface area contributed by atoms with Crippen molar-refractivity contribution in [3.8, 4) is 28.4 Å². The molecule has 1 atom stereocenters. The molecule has 0 bridgehead atoms. The Labute approximate surface area is 204 Å². The molecular formula is C26H22F3N3O4. The molecule has 10 heteroatoms. The second-order valence-electron chi connectivity index (χ2n) is 8.30. The van der Waals surface area contributed by atoms with Gasteiger partial charge in [-0.2, -0.15) is 0 Å². The van der Waals surface area contributed by atoms with Crippen LogP contribution in [-0.2, 0) is 6.42 Å². The zero-order chi connectivity index (χ0) is 25.3. The van der Waals surface area contributed by atoms with Crippen LogP contribution in [0.5, 0.6) is 17.2 Å². The van der Waals surface area contributed by atoms with Crippen LogP contribution >= 0.6 is 0 Å². The summed E-state index contributed by atoms with van der Waals surface area (Å²) in [5.74, 6) is -0.257. The third-order valence-electron chi connectivity index (χ3n) is 5.92. The second kappa shape index (κ2) is 9.46. The van der Waals surface area contributed by atoms with Crippen LogP contribution in [0.25, 0.3) is 22.0 Å². The largest absolute Gasteiger partial charge is 0.573 e. The number of para-hydroxylation sites is 1. The molecule has 0 spiro atoms. The van der Waals surface area contributed by atoms with Crippen molar-refractivity contribution < 1.29 is 32.2 Å². The normalized spacial score (nSPS) is 13.6. The van der Waals surface area contributed by atoms with Crippen LogP contribution in [0.2, 0.25) is 0 Å². The number of nitrogens with two attached hydrogens (primary N) is 1. The smallest absolute Gasteiger partial charge is 0.454 e. The first-order chi connectivity index (χ1) is 17.3. The number of aromatic amines is 1. The second-order valence-corrected chi connectivity index (χ2v) is 8.30. The van der Waals surface area contributed by atoms with Crippen LogP contribution in [0.1, 0.15) is 15.9 Å².